The van der Waals surface area contributed by atoms with Crippen LogP contribution in [0, 0.1) is 0 Å². The molecule has 0 atom stereocenters. The van der Waals surface area contributed by atoms with E-state index in [0.717, 1.165) is 21.5 Å². The summed E-state index contributed by atoms with van der Waals surface area (Å²) in [5.41, 5.74) is 1.71. The van der Waals surface area contributed by atoms with E-state index in [-0.39, 0.29) is 11.0 Å². The van der Waals surface area contributed by atoms with Gasteiger partial charge in [-0.15, -0.1) is 0 Å². The van der Waals surface area contributed by atoms with Gasteiger partial charge in [-0.3, -0.25) is 10.1 Å². The largest absolute Gasteiger partial charge is 0.497 e. The van der Waals surface area contributed by atoms with Crippen molar-refractivity contribution in [1.82, 2.24) is 10.3 Å². The predicted octanol–water partition coefficient (Wildman–Crippen LogP) is 5.74. The van der Waals surface area contributed by atoms with Gasteiger partial charge in [0.2, 0.25) is 5.91 Å². The molecular weight excluding hydrogens is 454 g/mol. The number of aromatic nitrogens is 1. The highest BCUT2D eigenvalue weighted by Gasteiger charge is 2.08. The molecule has 0 aliphatic rings. The Labute approximate surface area is 192 Å². The zero-order valence-electron chi connectivity index (χ0n) is 16.2. The van der Waals surface area contributed by atoms with Gasteiger partial charge in [-0.1, -0.05) is 22.9 Å². The molecule has 0 saturated carbocycles. The van der Waals surface area contributed by atoms with E-state index in [1.54, 1.807) is 31.4 Å². The average molecular weight is 470 g/mol. The van der Waals surface area contributed by atoms with Gasteiger partial charge >= 0.3 is 0 Å². The number of furan rings is 1. The number of rotatable bonds is 5. The van der Waals surface area contributed by atoms with Gasteiger partial charge in [-0.2, -0.15) is 0 Å². The van der Waals surface area contributed by atoms with Crippen LogP contribution in [0.1, 0.15) is 5.76 Å². The van der Waals surface area contributed by atoms with Crippen molar-refractivity contribution in [2.24, 2.45) is 0 Å². The minimum absolute atomic E-state index is 0.155. The Morgan fingerprint density at radius 3 is 2.77 bits per heavy atom. The molecule has 2 aromatic carbocycles. The van der Waals surface area contributed by atoms with Gasteiger partial charge in [-0.05, 0) is 72.9 Å². The summed E-state index contributed by atoms with van der Waals surface area (Å²) in [5, 5.41) is 6.91. The zero-order valence-corrected chi connectivity index (χ0v) is 18.6. The van der Waals surface area contributed by atoms with Gasteiger partial charge in [0.25, 0.3) is 0 Å². The number of carbonyl (C=O) groups is 1. The highest BCUT2D eigenvalue weighted by Crippen LogP contribution is 2.29. The van der Waals surface area contributed by atoms with E-state index in [0.29, 0.717) is 21.7 Å². The number of methoxy groups -OCH3 is 1. The van der Waals surface area contributed by atoms with Crippen molar-refractivity contribution >= 4 is 67.6 Å². The number of hydrogen-bond acceptors (Lipinski definition) is 6. The van der Waals surface area contributed by atoms with E-state index < -0.39 is 0 Å². The van der Waals surface area contributed by atoms with Crippen molar-refractivity contribution in [1.29, 1.82) is 0 Å². The molecule has 0 unspecified atom stereocenters. The van der Waals surface area contributed by atoms with Crippen LogP contribution < -0.4 is 15.4 Å². The summed E-state index contributed by atoms with van der Waals surface area (Å²) >= 11 is 12.5. The number of nitrogens with zero attached hydrogens (tertiary/aromatic N) is 1. The van der Waals surface area contributed by atoms with Gasteiger partial charge in [0.15, 0.2) is 10.2 Å². The van der Waals surface area contributed by atoms with Gasteiger partial charge < -0.3 is 14.5 Å². The van der Waals surface area contributed by atoms with E-state index >= 15 is 0 Å². The maximum absolute atomic E-state index is 12.2. The lowest BCUT2D eigenvalue weighted by molar-refractivity contribution is -0.115. The first-order valence-corrected chi connectivity index (χ1v) is 10.7. The SMILES string of the molecule is COc1ccc2nc(NC(=S)NC(=O)C=Cc3ccc(-c4ccc(Cl)cc4)o3)sc2c1. The van der Waals surface area contributed by atoms with Gasteiger partial charge in [0.05, 0.1) is 17.3 Å². The van der Waals surface area contributed by atoms with Crippen molar-refractivity contribution in [3.63, 3.8) is 0 Å². The Bertz CT molecular complexity index is 1280. The summed E-state index contributed by atoms with van der Waals surface area (Å²) in [4.78, 5) is 16.6. The molecule has 156 valence electrons. The third-order valence-corrected chi connectivity index (χ3v) is 5.60. The first-order chi connectivity index (χ1) is 15.0. The molecule has 0 aliphatic heterocycles. The Hall–Kier alpha value is -3.20. The number of benzene rings is 2. The standard InChI is InChI=1S/C22H16ClN3O3S2/c1-28-16-6-9-17-19(12-16)31-22(24-17)26-21(30)25-20(27)11-8-15-7-10-18(29-15)13-2-4-14(23)5-3-13/h2-12H,1H3,(H2,24,25,26,27,30). The van der Waals surface area contributed by atoms with Gasteiger partial charge in [0.1, 0.15) is 17.3 Å². The Morgan fingerprint density at radius 1 is 1.19 bits per heavy atom. The number of thiazole rings is 1. The average Bonchev–Trinajstić information content (AvgIpc) is 3.38. The normalized spacial score (nSPS) is 11.0. The molecular formula is C22H16ClN3O3S2. The summed E-state index contributed by atoms with van der Waals surface area (Å²) in [6.45, 7) is 0. The maximum Gasteiger partial charge on any atom is 0.250 e. The van der Waals surface area contributed by atoms with Crippen LogP contribution in [-0.2, 0) is 4.79 Å². The number of carbonyl (C=O) groups excluding carboxylic acids is 1. The van der Waals surface area contributed by atoms with Gasteiger partial charge in [-0.25, -0.2) is 4.98 Å². The molecule has 0 spiro atoms. The minimum atomic E-state index is -0.385. The van der Waals surface area contributed by atoms with Crippen LogP contribution in [0.3, 0.4) is 0 Å². The number of halogens is 1. The van der Waals surface area contributed by atoms with Crippen LogP contribution in [0.5, 0.6) is 5.75 Å². The van der Waals surface area contributed by atoms with Crippen LogP contribution in [0.2, 0.25) is 5.02 Å². The van der Waals surface area contributed by atoms with Crippen molar-refractivity contribution in [3.05, 3.63) is 71.5 Å². The molecule has 0 aliphatic carbocycles. The highest BCUT2D eigenvalue weighted by atomic mass is 35.5. The molecule has 4 rings (SSSR count). The number of anilines is 1. The number of ether oxygens (including phenoxy) is 1. The van der Waals surface area contributed by atoms with E-state index in [1.807, 2.05) is 36.4 Å². The summed E-state index contributed by atoms with van der Waals surface area (Å²) in [7, 11) is 1.61. The molecule has 1 amide bonds. The third-order valence-electron chi connectivity index (χ3n) is 4.21. The Kier molecular flexibility index (Phi) is 6.31. The number of nitrogens with one attached hydrogen (secondary N) is 2. The monoisotopic (exact) mass is 469 g/mol. The molecule has 0 fully saturated rings. The molecule has 0 radical (unpaired) electrons. The molecule has 2 heterocycles. The molecule has 6 nitrogen and oxygen atoms in total. The first-order valence-electron chi connectivity index (χ1n) is 9.10. The van der Waals surface area contributed by atoms with Crippen molar-refractivity contribution in [2.75, 3.05) is 12.4 Å². The lowest BCUT2D eigenvalue weighted by Crippen LogP contribution is -2.32. The highest BCUT2D eigenvalue weighted by molar-refractivity contribution is 7.80. The minimum Gasteiger partial charge on any atom is -0.497 e. The second kappa shape index (κ2) is 9.30. The molecule has 2 N–H and O–H groups in total. The molecule has 2 aromatic heterocycles. The van der Waals surface area contributed by atoms with Crippen molar-refractivity contribution < 1.29 is 13.9 Å². The quantitative estimate of drug-likeness (QED) is 0.286. The third kappa shape index (κ3) is 5.29. The zero-order chi connectivity index (χ0) is 21.8. The van der Waals surface area contributed by atoms with Crippen LogP contribution in [-0.4, -0.2) is 23.1 Å². The fraction of sp³-hybridized carbons (Fsp3) is 0.0455. The predicted molar refractivity (Wildman–Crippen MR) is 129 cm³/mol. The van der Waals surface area contributed by atoms with Crippen LogP contribution >= 0.6 is 35.2 Å². The lowest BCUT2D eigenvalue weighted by atomic mass is 10.2. The van der Waals surface area contributed by atoms with Crippen LogP contribution in [0.4, 0.5) is 5.13 Å². The molecule has 4 aromatic rings. The summed E-state index contributed by atoms with van der Waals surface area (Å²) < 4.78 is 11.9. The topological polar surface area (TPSA) is 76.4 Å². The summed E-state index contributed by atoms with van der Waals surface area (Å²) in [6, 6.07) is 16.5. The Morgan fingerprint density at radius 2 is 2.00 bits per heavy atom. The first kappa shape index (κ1) is 21.0. The Balaban J connectivity index is 1.34. The fourth-order valence-electron chi connectivity index (χ4n) is 2.74. The maximum atomic E-state index is 12.2. The van der Waals surface area contributed by atoms with E-state index in [9.17, 15) is 4.79 Å². The smallest absolute Gasteiger partial charge is 0.250 e. The van der Waals surface area contributed by atoms with Crippen LogP contribution in [0.15, 0.2) is 65.1 Å². The second-order valence-electron chi connectivity index (χ2n) is 6.34. The van der Waals surface area contributed by atoms with Gasteiger partial charge in [0, 0.05) is 16.7 Å². The molecule has 31 heavy (non-hydrogen) atoms. The summed E-state index contributed by atoms with van der Waals surface area (Å²) in [6.07, 6.45) is 2.92. The summed E-state index contributed by atoms with van der Waals surface area (Å²) in [5.74, 6) is 1.59. The van der Waals surface area contributed by atoms with E-state index in [1.165, 1.54) is 17.4 Å². The van der Waals surface area contributed by atoms with Crippen molar-refractivity contribution in [3.8, 4) is 17.1 Å². The van der Waals surface area contributed by atoms with E-state index in [2.05, 4.69) is 15.6 Å². The molecule has 0 bridgehead atoms. The number of amides is 1. The van der Waals surface area contributed by atoms with E-state index in [4.69, 9.17) is 33.0 Å². The number of fused-ring (bicyclic) bond motifs is 1. The molecule has 0 saturated heterocycles. The fourth-order valence-corrected chi connectivity index (χ4v) is 4.02. The van der Waals surface area contributed by atoms with Crippen molar-refractivity contribution in [2.45, 2.75) is 0 Å². The molecule has 9 heteroatoms. The number of hydrogen-bond donors (Lipinski definition) is 2. The van der Waals surface area contributed by atoms with Crippen LogP contribution in [0.25, 0.3) is 27.6 Å². The number of thiocarbonyl (C=S) groups is 1. The second-order valence-corrected chi connectivity index (χ2v) is 8.21. The lowest BCUT2D eigenvalue weighted by Gasteiger charge is -2.04.